The van der Waals surface area contributed by atoms with Crippen molar-refractivity contribution >= 4 is 0 Å². The van der Waals surface area contributed by atoms with Crippen LogP contribution in [-0.2, 0) is 13.6 Å². The molecule has 90 valence electrons. The Morgan fingerprint density at radius 2 is 1.94 bits per heavy atom. The van der Waals surface area contributed by atoms with E-state index in [0.717, 1.165) is 6.54 Å². The summed E-state index contributed by atoms with van der Waals surface area (Å²) in [6, 6.07) is 13.2. The van der Waals surface area contributed by atoms with Gasteiger partial charge in [0, 0.05) is 31.5 Å². The van der Waals surface area contributed by atoms with Gasteiger partial charge in [0.1, 0.15) is 0 Å². The van der Waals surface area contributed by atoms with Gasteiger partial charge in [-0.05, 0) is 37.1 Å². The highest BCUT2D eigenvalue weighted by Gasteiger charge is 2.07. The van der Waals surface area contributed by atoms with Crippen LogP contribution in [0.3, 0.4) is 0 Å². The minimum absolute atomic E-state index is 0.381. The molecular weight excluding hydrogens is 208 g/mol. The van der Waals surface area contributed by atoms with Crippen molar-refractivity contribution in [3.63, 3.8) is 0 Å². The second kappa shape index (κ2) is 5.19. The predicted octanol–water partition coefficient (Wildman–Crippen LogP) is 3.18. The number of hydrogen-bond donors (Lipinski definition) is 1. The highest BCUT2D eigenvalue weighted by atomic mass is 15.0. The number of rotatable bonds is 4. The Balaban J connectivity index is 2.01. The molecule has 1 N–H and O–H groups in total. The summed E-state index contributed by atoms with van der Waals surface area (Å²) < 4.78 is 2.15. The molecule has 1 aromatic carbocycles. The van der Waals surface area contributed by atoms with Gasteiger partial charge in [-0.15, -0.1) is 0 Å². The van der Waals surface area contributed by atoms with Gasteiger partial charge in [0.2, 0.25) is 0 Å². The van der Waals surface area contributed by atoms with E-state index in [0.29, 0.717) is 6.04 Å². The Hall–Kier alpha value is -1.54. The monoisotopic (exact) mass is 228 g/mol. The van der Waals surface area contributed by atoms with Crippen molar-refractivity contribution in [1.82, 2.24) is 9.88 Å². The van der Waals surface area contributed by atoms with E-state index in [1.165, 1.54) is 16.8 Å². The van der Waals surface area contributed by atoms with Crippen molar-refractivity contribution < 1.29 is 0 Å². The quantitative estimate of drug-likeness (QED) is 0.850. The molecule has 2 nitrogen and oxygen atoms in total. The minimum Gasteiger partial charge on any atom is -0.353 e. The van der Waals surface area contributed by atoms with Crippen LogP contribution in [0.15, 0.2) is 42.6 Å². The molecule has 0 spiro atoms. The van der Waals surface area contributed by atoms with Crippen molar-refractivity contribution in [2.75, 3.05) is 0 Å². The fourth-order valence-electron chi connectivity index (χ4n) is 2.12. The average Bonchev–Trinajstić information content (AvgIpc) is 2.72. The second-order valence-electron chi connectivity index (χ2n) is 4.57. The molecule has 0 bridgehead atoms. The molecule has 2 heteroatoms. The maximum atomic E-state index is 3.56. The van der Waals surface area contributed by atoms with E-state index >= 15 is 0 Å². The summed E-state index contributed by atoms with van der Waals surface area (Å²) in [6.07, 6.45) is 2.08. The van der Waals surface area contributed by atoms with Crippen LogP contribution < -0.4 is 5.32 Å². The minimum atomic E-state index is 0.381. The summed E-state index contributed by atoms with van der Waals surface area (Å²) in [7, 11) is 2.08. The maximum Gasteiger partial charge on any atom is 0.0364 e. The number of benzene rings is 1. The Morgan fingerprint density at radius 1 is 1.18 bits per heavy atom. The third-order valence-corrected chi connectivity index (χ3v) is 3.30. The number of hydrogen-bond acceptors (Lipinski definition) is 1. The molecule has 0 saturated heterocycles. The van der Waals surface area contributed by atoms with Crippen LogP contribution in [0.25, 0.3) is 0 Å². The van der Waals surface area contributed by atoms with Crippen molar-refractivity contribution in [2.45, 2.75) is 26.4 Å². The Bertz CT molecular complexity index is 485. The highest BCUT2D eigenvalue weighted by Crippen LogP contribution is 2.17. The molecular formula is C15H20N2. The van der Waals surface area contributed by atoms with Gasteiger partial charge >= 0.3 is 0 Å². The fraction of sp³-hybridized carbons (Fsp3) is 0.333. The van der Waals surface area contributed by atoms with Gasteiger partial charge in [0.05, 0.1) is 0 Å². The van der Waals surface area contributed by atoms with E-state index in [9.17, 15) is 0 Å². The lowest BCUT2D eigenvalue weighted by Gasteiger charge is -2.16. The normalized spacial score (nSPS) is 12.6. The first kappa shape index (κ1) is 11.9. The molecule has 0 aliphatic carbocycles. The second-order valence-corrected chi connectivity index (χ2v) is 4.57. The summed E-state index contributed by atoms with van der Waals surface area (Å²) >= 11 is 0. The van der Waals surface area contributed by atoms with Crippen LogP contribution in [0.2, 0.25) is 0 Å². The number of aromatic nitrogens is 1. The molecule has 1 atom stereocenters. The first-order valence-electron chi connectivity index (χ1n) is 6.07. The van der Waals surface area contributed by atoms with Gasteiger partial charge in [0.15, 0.2) is 0 Å². The van der Waals surface area contributed by atoms with Crippen LogP contribution in [-0.4, -0.2) is 4.57 Å². The van der Waals surface area contributed by atoms with Crippen molar-refractivity contribution in [1.29, 1.82) is 0 Å². The zero-order valence-corrected chi connectivity index (χ0v) is 10.8. The first-order chi connectivity index (χ1) is 8.18. The lowest BCUT2D eigenvalue weighted by atomic mass is 10.0. The SMILES string of the molecule is Cc1ccccc1C(C)NCc1cccn1C. The molecule has 0 amide bonds. The summed E-state index contributed by atoms with van der Waals surface area (Å²) in [5.41, 5.74) is 4.03. The zero-order valence-electron chi connectivity index (χ0n) is 10.8. The summed E-state index contributed by atoms with van der Waals surface area (Å²) in [4.78, 5) is 0. The molecule has 2 rings (SSSR count). The van der Waals surface area contributed by atoms with Gasteiger partial charge < -0.3 is 9.88 Å². The molecule has 1 aromatic heterocycles. The van der Waals surface area contributed by atoms with Gasteiger partial charge in [-0.3, -0.25) is 0 Å². The number of nitrogens with one attached hydrogen (secondary N) is 1. The van der Waals surface area contributed by atoms with Gasteiger partial charge in [-0.1, -0.05) is 24.3 Å². The molecule has 1 heterocycles. The van der Waals surface area contributed by atoms with E-state index in [4.69, 9.17) is 0 Å². The van der Waals surface area contributed by atoms with E-state index in [1.807, 2.05) is 0 Å². The van der Waals surface area contributed by atoms with E-state index in [2.05, 4.69) is 73.4 Å². The van der Waals surface area contributed by atoms with E-state index < -0.39 is 0 Å². The lowest BCUT2D eigenvalue weighted by Crippen LogP contribution is -2.20. The largest absolute Gasteiger partial charge is 0.353 e. The smallest absolute Gasteiger partial charge is 0.0364 e. The molecule has 0 fully saturated rings. The van der Waals surface area contributed by atoms with E-state index in [1.54, 1.807) is 0 Å². The molecule has 0 aliphatic rings. The number of aryl methyl sites for hydroxylation is 2. The topological polar surface area (TPSA) is 17.0 Å². The molecule has 0 radical (unpaired) electrons. The molecule has 0 saturated carbocycles. The van der Waals surface area contributed by atoms with Gasteiger partial charge in [-0.2, -0.15) is 0 Å². The number of nitrogens with zero attached hydrogens (tertiary/aromatic N) is 1. The van der Waals surface area contributed by atoms with Crippen LogP contribution >= 0.6 is 0 Å². The van der Waals surface area contributed by atoms with Gasteiger partial charge in [0.25, 0.3) is 0 Å². The van der Waals surface area contributed by atoms with Crippen molar-refractivity contribution in [2.24, 2.45) is 7.05 Å². The molecule has 1 unspecified atom stereocenters. The van der Waals surface area contributed by atoms with Crippen molar-refractivity contribution in [3.05, 3.63) is 59.4 Å². The standard InChI is InChI=1S/C15H20N2/c1-12-7-4-5-9-15(12)13(2)16-11-14-8-6-10-17(14)3/h4-10,13,16H,11H2,1-3H3. The Kier molecular flexibility index (Phi) is 3.64. The lowest BCUT2D eigenvalue weighted by molar-refractivity contribution is 0.556. The third-order valence-electron chi connectivity index (χ3n) is 3.30. The summed E-state index contributed by atoms with van der Waals surface area (Å²) in [6.45, 7) is 5.28. The highest BCUT2D eigenvalue weighted by molar-refractivity contribution is 5.28. The van der Waals surface area contributed by atoms with E-state index in [-0.39, 0.29) is 0 Å². The van der Waals surface area contributed by atoms with Crippen molar-refractivity contribution in [3.8, 4) is 0 Å². The summed E-state index contributed by atoms with van der Waals surface area (Å²) in [5, 5.41) is 3.56. The van der Waals surface area contributed by atoms with Crippen LogP contribution in [0, 0.1) is 6.92 Å². The Morgan fingerprint density at radius 3 is 2.59 bits per heavy atom. The van der Waals surface area contributed by atoms with Gasteiger partial charge in [-0.25, -0.2) is 0 Å². The maximum absolute atomic E-state index is 3.56. The summed E-state index contributed by atoms with van der Waals surface area (Å²) in [5.74, 6) is 0. The van der Waals surface area contributed by atoms with Crippen LogP contribution in [0.1, 0.15) is 29.8 Å². The predicted molar refractivity (Wildman–Crippen MR) is 71.8 cm³/mol. The van der Waals surface area contributed by atoms with Crippen LogP contribution in [0.4, 0.5) is 0 Å². The third kappa shape index (κ3) is 2.77. The molecule has 0 aliphatic heterocycles. The first-order valence-corrected chi connectivity index (χ1v) is 6.07. The van der Waals surface area contributed by atoms with Crippen LogP contribution in [0.5, 0.6) is 0 Å². The molecule has 2 aromatic rings. The fourth-order valence-corrected chi connectivity index (χ4v) is 2.12. The zero-order chi connectivity index (χ0) is 12.3. The molecule has 17 heavy (non-hydrogen) atoms. The average molecular weight is 228 g/mol. The Labute approximate surface area is 103 Å².